The number of imidazole rings is 1. The van der Waals surface area contributed by atoms with Crippen molar-refractivity contribution in [3.8, 4) is 23.1 Å². The molecule has 6 rings (SSSR count). The number of pyridine rings is 1. The summed E-state index contributed by atoms with van der Waals surface area (Å²) in [7, 11) is 0. The number of piperidine rings is 1. The Morgan fingerprint density at radius 2 is 2.00 bits per heavy atom. The number of aryl methyl sites for hydroxylation is 1. The second-order valence-electron chi connectivity index (χ2n) is 10.9. The lowest BCUT2D eigenvalue weighted by Gasteiger charge is -2.32. The maximum absolute atomic E-state index is 14.6. The standard InChI is InChI=1S/C30H33FN8O2/c1-20-15-25(31)24(30(40)34-23-4-5-23)16-27(20)39-19-26(35-36-39)28-17-33-29-6-3-22(18-38(28)29)21-7-10-37(11-8-21)12-14-41-13-2-9-32/h3,6,15-19,21,23H,2,4-5,7-8,10-14H2,1H3,(H,34,40). The van der Waals surface area contributed by atoms with Crippen molar-refractivity contribution in [3.05, 3.63) is 65.4 Å². The summed E-state index contributed by atoms with van der Waals surface area (Å²) >= 11 is 0. The maximum Gasteiger partial charge on any atom is 0.254 e. The first kappa shape index (κ1) is 27.1. The largest absolute Gasteiger partial charge is 0.379 e. The van der Waals surface area contributed by atoms with Crippen LogP contribution in [0.4, 0.5) is 4.39 Å². The summed E-state index contributed by atoms with van der Waals surface area (Å²) in [5.74, 6) is -0.507. The number of rotatable bonds is 10. The monoisotopic (exact) mass is 556 g/mol. The molecule has 1 saturated carbocycles. The van der Waals surface area contributed by atoms with Crippen molar-refractivity contribution in [2.75, 3.05) is 32.8 Å². The topological polar surface area (TPSA) is 113 Å². The molecule has 212 valence electrons. The molecule has 2 fully saturated rings. The Balaban J connectivity index is 1.18. The first-order valence-electron chi connectivity index (χ1n) is 14.2. The fourth-order valence-electron chi connectivity index (χ4n) is 5.40. The van der Waals surface area contributed by atoms with E-state index in [1.165, 1.54) is 17.7 Å². The molecule has 11 heteroatoms. The average Bonchev–Trinajstić information content (AvgIpc) is 3.48. The zero-order chi connectivity index (χ0) is 28.3. The summed E-state index contributed by atoms with van der Waals surface area (Å²) in [5, 5.41) is 20.2. The van der Waals surface area contributed by atoms with Crippen LogP contribution in [0.1, 0.15) is 59.5 Å². The Kier molecular flexibility index (Phi) is 7.76. The number of likely N-dealkylation sites (tertiary alicyclic amines) is 1. The number of nitriles is 1. The molecule has 10 nitrogen and oxygen atoms in total. The van der Waals surface area contributed by atoms with Crippen molar-refractivity contribution in [1.82, 2.24) is 34.6 Å². The highest BCUT2D eigenvalue weighted by molar-refractivity contribution is 5.95. The van der Waals surface area contributed by atoms with Gasteiger partial charge < -0.3 is 15.0 Å². The van der Waals surface area contributed by atoms with Crippen LogP contribution in [-0.4, -0.2) is 74.1 Å². The molecule has 0 radical (unpaired) electrons. The molecule has 1 aliphatic heterocycles. The Morgan fingerprint density at radius 3 is 2.78 bits per heavy atom. The number of aromatic nitrogens is 5. The molecule has 1 N–H and O–H groups in total. The van der Waals surface area contributed by atoms with Gasteiger partial charge in [-0.3, -0.25) is 9.20 Å². The van der Waals surface area contributed by atoms with E-state index in [9.17, 15) is 9.18 Å². The van der Waals surface area contributed by atoms with Crippen molar-refractivity contribution in [2.24, 2.45) is 0 Å². The first-order valence-corrected chi connectivity index (χ1v) is 14.2. The minimum absolute atomic E-state index is 0.00608. The summed E-state index contributed by atoms with van der Waals surface area (Å²) in [5.41, 5.74) is 4.79. The van der Waals surface area contributed by atoms with Crippen LogP contribution in [0.5, 0.6) is 0 Å². The van der Waals surface area contributed by atoms with E-state index in [1.54, 1.807) is 24.0 Å². The van der Waals surface area contributed by atoms with Gasteiger partial charge in [0.05, 0.1) is 55.0 Å². The Morgan fingerprint density at radius 1 is 1.17 bits per heavy atom. The van der Waals surface area contributed by atoms with Crippen LogP contribution in [-0.2, 0) is 4.74 Å². The van der Waals surface area contributed by atoms with Gasteiger partial charge in [0.25, 0.3) is 5.91 Å². The average molecular weight is 557 g/mol. The van der Waals surface area contributed by atoms with Crippen LogP contribution in [0.15, 0.2) is 42.9 Å². The highest BCUT2D eigenvalue weighted by Gasteiger charge is 2.26. The lowest BCUT2D eigenvalue weighted by atomic mass is 9.90. The second-order valence-corrected chi connectivity index (χ2v) is 10.9. The SMILES string of the molecule is Cc1cc(F)c(C(=O)NC2CC2)cc1-n1cc(-c2cnc3ccc(C4CCN(CCOCCC#N)CC4)cn23)nn1. The predicted octanol–water partition coefficient (Wildman–Crippen LogP) is 4.03. The third kappa shape index (κ3) is 5.99. The van der Waals surface area contributed by atoms with Crippen LogP contribution < -0.4 is 5.32 Å². The number of halogens is 1. The third-order valence-electron chi connectivity index (χ3n) is 7.94. The number of hydrogen-bond donors (Lipinski definition) is 1. The van der Waals surface area contributed by atoms with E-state index in [-0.39, 0.29) is 11.6 Å². The van der Waals surface area contributed by atoms with E-state index < -0.39 is 11.7 Å². The summed E-state index contributed by atoms with van der Waals surface area (Å²) in [6.45, 7) is 5.84. The van der Waals surface area contributed by atoms with Gasteiger partial charge in [0.1, 0.15) is 17.2 Å². The van der Waals surface area contributed by atoms with E-state index in [2.05, 4.69) is 43.8 Å². The van der Waals surface area contributed by atoms with Crippen LogP contribution in [0, 0.1) is 24.1 Å². The molecule has 0 atom stereocenters. The minimum atomic E-state index is -0.547. The fraction of sp³-hybridized carbons (Fsp3) is 0.433. The third-order valence-corrected chi connectivity index (χ3v) is 7.94. The Bertz CT molecular complexity index is 1590. The molecule has 1 aromatic carbocycles. The number of carbonyl (C=O) groups is 1. The molecule has 0 bridgehead atoms. The maximum atomic E-state index is 14.6. The number of ether oxygens (including phenoxy) is 1. The van der Waals surface area contributed by atoms with Gasteiger partial charge in [-0.1, -0.05) is 11.3 Å². The molecule has 2 aliphatic rings. The van der Waals surface area contributed by atoms with Gasteiger partial charge in [0.2, 0.25) is 0 Å². The van der Waals surface area contributed by atoms with Gasteiger partial charge in [-0.05, 0) is 80.9 Å². The van der Waals surface area contributed by atoms with Crippen LogP contribution in [0.25, 0.3) is 22.7 Å². The van der Waals surface area contributed by atoms with Gasteiger partial charge in [0, 0.05) is 18.8 Å². The van der Waals surface area contributed by atoms with Gasteiger partial charge in [-0.2, -0.15) is 5.26 Å². The molecular weight excluding hydrogens is 523 g/mol. The molecule has 1 amide bonds. The van der Waals surface area contributed by atoms with Crippen molar-refractivity contribution >= 4 is 11.6 Å². The smallest absolute Gasteiger partial charge is 0.254 e. The Hall–Kier alpha value is -4.14. The zero-order valence-corrected chi connectivity index (χ0v) is 23.1. The normalized spacial score (nSPS) is 16.2. The number of nitrogens with zero attached hydrogens (tertiary/aromatic N) is 7. The van der Waals surface area contributed by atoms with E-state index in [4.69, 9.17) is 10.00 Å². The zero-order valence-electron chi connectivity index (χ0n) is 23.1. The van der Waals surface area contributed by atoms with Gasteiger partial charge in [-0.15, -0.1) is 5.10 Å². The molecular formula is C30H33FN8O2. The van der Waals surface area contributed by atoms with Gasteiger partial charge >= 0.3 is 0 Å². The van der Waals surface area contributed by atoms with E-state index >= 15 is 0 Å². The van der Waals surface area contributed by atoms with E-state index in [1.807, 2.05) is 10.5 Å². The molecule has 41 heavy (non-hydrogen) atoms. The quantitative estimate of drug-likeness (QED) is 0.294. The molecule has 1 saturated heterocycles. The van der Waals surface area contributed by atoms with Crippen molar-refractivity contribution in [2.45, 2.75) is 51.0 Å². The first-order chi connectivity index (χ1) is 20.0. The van der Waals surface area contributed by atoms with Crippen molar-refractivity contribution in [3.63, 3.8) is 0 Å². The van der Waals surface area contributed by atoms with Gasteiger partial charge in [-0.25, -0.2) is 14.1 Å². The molecule has 4 heterocycles. The van der Waals surface area contributed by atoms with Crippen molar-refractivity contribution < 1.29 is 13.9 Å². The Labute approximate surface area is 237 Å². The number of benzene rings is 1. The summed E-state index contributed by atoms with van der Waals surface area (Å²) in [6, 6.07) is 9.34. The molecule has 4 aromatic rings. The number of amides is 1. The van der Waals surface area contributed by atoms with E-state index in [0.717, 1.165) is 56.7 Å². The number of fused-ring (bicyclic) bond motifs is 1. The fourth-order valence-corrected chi connectivity index (χ4v) is 5.40. The van der Waals surface area contributed by atoms with Crippen LogP contribution >= 0.6 is 0 Å². The molecule has 3 aromatic heterocycles. The van der Waals surface area contributed by atoms with Crippen LogP contribution in [0.2, 0.25) is 0 Å². The number of hydrogen-bond acceptors (Lipinski definition) is 7. The molecule has 0 unspecified atom stereocenters. The number of carbonyl (C=O) groups excluding carboxylic acids is 1. The van der Waals surface area contributed by atoms with E-state index in [0.29, 0.717) is 42.5 Å². The molecule has 0 spiro atoms. The van der Waals surface area contributed by atoms with Gasteiger partial charge in [0.15, 0.2) is 0 Å². The lowest BCUT2D eigenvalue weighted by molar-refractivity contribution is 0.0947. The highest BCUT2D eigenvalue weighted by Crippen LogP contribution is 2.30. The lowest BCUT2D eigenvalue weighted by Crippen LogP contribution is -2.35. The second kappa shape index (κ2) is 11.8. The molecule has 1 aliphatic carbocycles. The number of nitrogens with one attached hydrogen (secondary N) is 1. The predicted molar refractivity (Wildman–Crippen MR) is 150 cm³/mol. The summed E-state index contributed by atoms with van der Waals surface area (Å²) < 4.78 is 23.8. The minimum Gasteiger partial charge on any atom is -0.379 e. The highest BCUT2D eigenvalue weighted by atomic mass is 19.1. The van der Waals surface area contributed by atoms with Crippen molar-refractivity contribution in [1.29, 1.82) is 5.26 Å². The summed E-state index contributed by atoms with van der Waals surface area (Å²) in [4.78, 5) is 19.6. The summed E-state index contributed by atoms with van der Waals surface area (Å²) in [6.07, 6.45) is 10.1. The van der Waals surface area contributed by atoms with Crippen LogP contribution in [0.3, 0.4) is 0 Å².